The fourth-order valence-electron chi connectivity index (χ4n) is 5.45. The van der Waals surface area contributed by atoms with Gasteiger partial charge in [0.25, 0.3) is 0 Å². The standard InChI is InChI=1S/C32H28Br2/c1-31(2,3)17-7-9-21-25(15-17)19-11-12-20-26-16-18(32(4,5)6)8-10-22(26)30(34)24-14-13-23(29(21)33)27(19)28(20)24/h7-16H,1-6H3. The molecular weight excluding hydrogens is 544 g/mol. The van der Waals surface area contributed by atoms with Crippen molar-refractivity contribution in [2.75, 3.05) is 0 Å². The summed E-state index contributed by atoms with van der Waals surface area (Å²) in [6.07, 6.45) is 0. The lowest BCUT2D eigenvalue weighted by molar-refractivity contribution is 0.591. The first-order valence-electron chi connectivity index (χ1n) is 11.9. The summed E-state index contributed by atoms with van der Waals surface area (Å²) < 4.78 is 2.37. The van der Waals surface area contributed by atoms with Gasteiger partial charge in [-0.2, -0.15) is 0 Å². The van der Waals surface area contributed by atoms with Crippen LogP contribution in [0.2, 0.25) is 0 Å². The van der Waals surface area contributed by atoms with E-state index in [0.29, 0.717) is 0 Å². The minimum absolute atomic E-state index is 0.104. The van der Waals surface area contributed by atoms with Gasteiger partial charge in [0.15, 0.2) is 0 Å². The van der Waals surface area contributed by atoms with E-state index in [2.05, 4.69) is 134 Å². The Bertz CT molecular complexity index is 1640. The van der Waals surface area contributed by atoms with Gasteiger partial charge in [0, 0.05) is 8.95 Å². The highest BCUT2D eigenvalue weighted by Crippen LogP contribution is 2.48. The van der Waals surface area contributed by atoms with Crippen LogP contribution in [0.25, 0.3) is 53.9 Å². The maximum atomic E-state index is 4.00. The average Bonchev–Trinajstić information content (AvgIpc) is 2.79. The minimum Gasteiger partial charge on any atom is -0.0578 e. The highest BCUT2D eigenvalue weighted by atomic mass is 79.9. The predicted octanol–water partition coefficient (Wildman–Crippen LogP) is 11.0. The molecule has 34 heavy (non-hydrogen) atoms. The lowest BCUT2D eigenvalue weighted by Gasteiger charge is -2.23. The molecule has 0 saturated heterocycles. The van der Waals surface area contributed by atoms with Gasteiger partial charge in [0.1, 0.15) is 0 Å². The number of rotatable bonds is 0. The Hall–Kier alpha value is -2.16. The van der Waals surface area contributed by atoms with Gasteiger partial charge in [-0.3, -0.25) is 0 Å². The fourth-order valence-corrected chi connectivity index (χ4v) is 6.80. The maximum absolute atomic E-state index is 4.00. The van der Waals surface area contributed by atoms with Crippen molar-refractivity contribution in [2.45, 2.75) is 52.4 Å². The predicted molar refractivity (Wildman–Crippen MR) is 158 cm³/mol. The summed E-state index contributed by atoms with van der Waals surface area (Å²) in [4.78, 5) is 0. The molecule has 0 bridgehead atoms. The van der Waals surface area contributed by atoms with E-state index in [4.69, 9.17) is 0 Å². The third kappa shape index (κ3) is 3.08. The van der Waals surface area contributed by atoms with Crippen LogP contribution in [0.4, 0.5) is 0 Å². The second-order valence-electron chi connectivity index (χ2n) is 11.7. The van der Waals surface area contributed by atoms with Crippen molar-refractivity contribution in [3.8, 4) is 0 Å². The summed E-state index contributed by atoms with van der Waals surface area (Å²) in [5.41, 5.74) is 2.94. The molecule has 0 unspecified atom stereocenters. The van der Waals surface area contributed by atoms with Gasteiger partial charge in [-0.15, -0.1) is 0 Å². The van der Waals surface area contributed by atoms with Crippen molar-refractivity contribution in [3.05, 3.63) is 80.7 Å². The first-order valence-corrected chi connectivity index (χ1v) is 13.5. The number of hydrogen-bond acceptors (Lipinski definition) is 0. The van der Waals surface area contributed by atoms with E-state index in [1.165, 1.54) is 73.9 Å². The van der Waals surface area contributed by atoms with E-state index in [1.807, 2.05) is 0 Å². The van der Waals surface area contributed by atoms with E-state index in [1.54, 1.807) is 0 Å². The third-order valence-electron chi connectivity index (χ3n) is 7.46. The van der Waals surface area contributed by atoms with Crippen molar-refractivity contribution >= 4 is 85.7 Å². The molecule has 0 aliphatic rings. The van der Waals surface area contributed by atoms with Crippen LogP contribution in [0.3, 0.4) is 0 Å². The molecule has 170 valence electrons. The molecule has 0 aromatic heterocycles. The molecule has 6 aromatic carbocycles. The SMILES string of the molecule is CC(C)(C)c1ccc2c(Br)c3ccc4c(Br)c5ccc(C(C)(C)C)cc5c5ccc(c2c1)c3c45. The number of halogens is 2. The largest absolute Gasteiger partial charge is 0.0578 e. The topological polar surface area (TPSA) is 0 Å². The lowest BCUT2D eigenvalue weighted by atomic mass is 9.82. The molecular formula is C32H28Br2. The normalized spacial score (nSPS) is 13.3. The molecule has 0 saturated carbocycles. The summed E-state index contributed by atoms with van der Waals surface area (Å²) in [5, 5.41) is 13.1. The van der Waals surface area contributed by atoms with Crippen LogP contribution in [0, 0.1) is 0 Å². The Kier molecular flexibility index (Phi) is 4.71. The Morgan fingerprint density at radius 3 is 1.09 bits per heavy atom. The molecule has 0 atom stereocenters. The molecule has 0 N–H and O–H groups in total. The zero-order valence-electron chi connectivity index (χ0n) is 20.5. The fraction of sp³-hybridized carbons (Fsp3) is 0.250. The van der Waals surface area contributed by atoms with Gasteiger partial charge in [0.2, 0.25) is 0 Å². The summed E-state index contributed by atoms with van der Waals surface area (Å²) in [5.74, 6) is 0. The van der Waals surface area contributed by atoms with Gasteiger partial charge in [-0.1, -0.05) is 90.1 Å². The van der Waals surface area contributed by atoms with Gasteiger partial charge in [0.05, 0.1) is 0 Å². The van der Waals surface area contributed by atoms with Crippen LogP contribution in [-0.2, 0) is 10.8 Å². The maximum Gasteiger partial charge on any atom is 0.0332 e. The molecule has 6 rings (SSSR count). The Balaban J connectivity index is 1.86. The van der Waals surface area contributed by atoms with Crippen molar-refractivity contribution in [2.24, 2.45) is 0 Å². The van der Waals surface area contributed by atoms with Crippen LogP contribution < -0.4 is 0 Å². The molecule has 6 aromatic rings. The molecule has 0 radical (unpaired) electrons. The first-order chi connectivity index (χ1) is 16.0. The van der Waals surface area contributed by atoms with Gasteiger partial charge >= 0.3 is 0 Å². The number of fused-ring (bicyclic) bond motifs is 4. The van der Waals surface area contributed by atoms with Crippen molar-refractivity contribution in [1.82, 2.24) is 0 Å². The molecule has 0 aliphatic carbocycles. The molecule has 0 amide bonds. The molecule has 0 fully saturated rings. The summed E-state index contributed by atoms with van der Waals surface area (Å²) >= 11 is 7.99. The Labute approximate surface area is 217 Å². The number of benzene rings is 6. The van der Waals surface area contributed by atoms with Crippen molar-refractivity contribution < 1.29 is 0 Å². The minimum atomic E-state index is 0.104. The highest BCUT2D eigenvalue weighted by Gasteiger charge is 2.22. The van der Waals surface area contributed by atoms with E-state index < -0.39 is 0 Å². The number of hydrogen-bond donors (Lipinski definition) is 0. The second-order valence-corrected chi connectivity index (χ2v) is 13.3. The smallest absolute Gasteiger partial charge is 0.0332 e. The monoisotopic (exact) mass is 570 g/mol. The molecule has 0 nitrogen and oxygen atoms in total. The van der Waals surface area contributed by atoms with Gasteiger partial charge in [-0.05, 0) is 120 Å². The van der Waals surface area contributed by atoms with Crippen LogP contribution in [0.5, 0.6) is 0 Å². The van der Waals surface area contributed by atoms with E-state index in [0.717, 1.165) is 0 Å². The van der Waals surface area contributed by atoms with Gasteiger partial charge < -0.3 is 0 Å². The van der Waals surface area contributed by atoms with Crippen molar-refractivity contribution in [3.63, 3.8) is 0 Å². The first kappa shape index (κ1) is 22.3. The molecule has 0 spiro atoms. The quantitative estimate of drug-likeness (QED) is 0.126. The van der Waals surface area contributed by atoms with E-state index >= 15 is 0 Å². The zero-order valence-corrected chi connectivity index (χ0v) is 23.7. The lowest BCUT2D eigenvalue weighted by Crippen LogP contribution is -2.10. The molecule has 0 heterocycles. The van der Waals surface area contributed by atoms with Crippen LogP contribution >= 0.6 is 31.9 Å². The zero-order chi connectivity index (χ0) is 24.2. The Morgan fingerprint density at radius 1 is 0.412 bits per heavy atom. The van der Waals surface area contributed by atoms with E-state index in [9.17, 15) is 0 Å². The molecule has 2 heteroatoms. The summed E-state index contributed by atoms with van der Waals surface area (Å²) in [6, 6.07) is 23.2. The van der Waals surface area contributed by atoms with Crippen molar-refractivity contribution in [1.29, 1.82) is 0 Å². The van der Waals surface area contributed by atoms with Gasteiger partial charge in [-0.25, -0.2) is 0 Å². The van der Waals surface area contributed by atoms with Crippen LogP contribution in [0.15, 0.2) is 69.6 Å². The highest BCUT2D eigenvalue weighted by molar-refractivity contribution is 9.11. The molecule has 0 aliphatic heterocycles. The van der Waals surface area contributed by atoms with E-state index in [-0.39, 0.29) is 10.8 Å². The average molecular weight is 572 g/mol. The summed E-state index contributed by atoms with van der Waals surface area (Å²) in [7, 11) is 0. The third-order valence-corrected chi connectivity index (χ3v) is 9.17. The Morgan fingerprint density at radius 2 is 0.735 bits per heavy atom. The summed E-state index contributed by atoms with van der Waals surface area (Å²) in [6.45, 7) is 13.7. The van der Waals surface area contributed by atoms with Crippen LogP contribution in [0.1, 0.15) is 52.7 Å². The second kappa shape index (κ2) is 7.18. The van der Waals surface area contributed by atoms with Crippen LogP contribution in [-0.4, -0.2) is 0 Å².